The summed E-state index contributed by atoms with van der Waals surface area (Å²) in [5.41, 5.74) is 7.22. The van der Waals surface area contributed by atoms with Crippen LogP contribution in [-0.4, -0.2) is 24.7 Å². The van der Waals surface area contributed by atoms with E-state index in [1.54, 1.807) is 0 Å². The Morgan fingerprint density at radius 3 is 2.89 bits per heavy atom. The zero-order valence-electron chi connectivity index (χ0n) is 11.1. The summed E-state index contributed by atoms with van der Waals surface area (Å²) < 4.78 is 6.93. The quantitative estimate of drug-likeness (QED) is 0.734. The van der Waals surface area contributed by atoms with E-state index in [4.69, 9.17) is 10.5 Å². The van der Waals surface area contributed by atoms with Crippen LogP contribution in [0.3, 0.4) is 0 Å². The molecular weight excluding hydrogens is 310 g/mol. The van der Waals surface area contributed by atoms with Gasteiger partial charge >= 0.3 is 0 Å². The molecule has 1 atom stereocenters. The Labute approximate surface area is 123 Å². The zero-order valence-corrected chi connectivity index (χ0v) is 13.5. The molecule has 0 heterocycles. The lowest BCUT2D eigenvalue weighted by atomic mass is 10.0. The molecule has 0 bridgehead atoms. The summed E-state index contributed by atoms with van der Waals surface area (Å²) in [6.07, 6.45) is 5.05. The van der Waals surface area contributed by atoms with Crippen LogP contribution < -0.4 is 10.5 Å². The maximum Gasteiger partial charge on any atom is 0.122 e. The van der Waals surface area contributed by atoms with Gasteiger partial charge in [-0.15, -0.1) is 0 Å². The fourth-order valence-electron chi connectivity index (χ4n) is 1.66. The Morgan fingerprint density at radius 1 is 1.44 bits per heavy atom. The highest BCUT2D eigenvalue weighted by atomic mass is 79.9. The second-order valence-corrected chi connectivity index (χ2v) is 6.22. The molecule has 102 valence electrons. The minimum atomic E-state index is 0.202. The maximum atomic E-state index is 6.03. The van der Waals surface area contributed by atoms with Crippen LogP contribution in [0.1, 0.15) is 25.3 Å². The van der Waals surface area contributed by atoms with Gasteiger partial charge in [0.25, 0.3) is 0 Å². The van der Waals surface area contributed by atoms with Crippen LogP contribution in [0.2, 0.25) is 0 Å². The average molecular weight is 332 g/mol. The first kappa shape index (κ1) is 15.9. The SMILES string of the molecule is CCC(N)Cc1cc(Br)ccc1OCCCSC. The zero-order chi connectivity index (χ0) is 13.4. The van der Waals surface area contributed by atoms with Crippen LogP contribution in [0, 0.1) is 0 Å². The Kier molecular flexibility index (Phi) is 7.79. The maximum absolute atomic E-state index is 6.03. The van der Waals surface area contributed by atoms with Crippen LogP contribution in [-0.2, 0) is 6.42 Å². The molecule has 2 nitrogen and oxygen atoms in total. The standard InChI is InChI=1S/C14H22BrNOS/c1-3-13(16)10-11-9-12(15)5-6-14(11)17-7-4-8-18-2/h5-6,9,13H,3-4,7-8,10,16H2,1-2H3. The molecule has 0 saturated carbocycles. The van der Waals surface area contributed by atoms with Gasteiger partial charge in [0.1, 0.15) is 5.75 Å². The van der Waals surface area contributed by atoms with Gasteiger partial charge in [-0.1, -0.05) is 22.9 Å². The third-order valence-electron chi connectivity index (χ3n) is 2.78. The second-order valence-electron chi connectivity index (χ2n) is 4.32. The molecular formula is C14H22BrNOS. The average Bonchev–Trinajstić information content (AvgIpc) is 2.36. The number of nitrogens with two attached hydrogens (primary N) is 1. The van der Waals surface area contributed by atoms with Gasteiger partial charge in [0.05, 0.1) is 6.61 Å². The summed E-state index contributed by atoms with van der Waals surface area (Å²) >= 11 is 5.35. The Morgan fingerprint density at radius 2 is 2.22 bits per heavy atom. The summed E-state index contributed by atoms with van der Waals surface area (Å²) in [7, 11) is 0. The van der Waals surface area contributed by atoms with Crippen molar-refractivity contribution in [1.29, 1.82) is 0 Å². The van der Waals surface area contributed by atoms with E-state index < -0.39 is 0 Å². The van der Waals surface area contributed by atoms with Crippen molar-refractivity contribution in [3.63, 3.8) is 0 Å². The van der Waals surface area contributed by atoms with E-state index in [-0.39, 0.29) is 6.04 Å². The van der Waals surface area contributed by atoms with Crippen LogP contribution in [0.25, 0.3) is 0 Å². The number of ether oxygens (including phenoxy) is 1. The van der Waals surface area contributed by atoms with Gasteiger partial charge in [-0.05, 0) is 55.0 Å². The van der Waals surface area contributed by atoms with Gasteiger partial charge < -0.3 is 10.5 Å². The van der Waals surface area contributed by atoms with Crippen molar-refractivity contribution < 1.29 is 4.74 Å². The molecule has 0 aromatic heterocycles. The van der Waals surface area contributed by atoms with Crippen LogP contribution in [0.4, 0.5) is 0 Å². The molecule has 1 aromatic carbocycles. The van der Waals surface area contributed by atoms with Crippen molar-refractivity contribution in [2.24, 2.45) is 5.73 Å². The van der Waals surface area contributed by atoms with E-state index in [0.717, 1.165) is 41.8 Å². The van der Waals surface area contributed by atoms with E-state index in [1.807, 2.05) is 23.9 Å². The first-order chi connectivity index (χ1) is 8.67. The molecule has 2 N–H and O–H groups in total. The lowest BCUT2D eigenvalue weighted by molar-refractivity contribution is 0.314. The topological polar surface area (TPSA) is 35.2 Å². The minimum Gasteiger partial charge on any atom is -0.493 e. The van der Waals surface area contributed by atoms with E-state index in [9.17, 15) is 0 Å². The number of hydrogen-bond donors (Lipinski definition) is 1. The summed E-state index contributed by atoms with van der Waals surface area (Å²) in [5, 5.41) is 0. The van der Waals surface area contributed by atoms with Gasteiger partial charge in [0.2, 0.25) is 0 Å². The Bertz CT molecular complexity index is 360. The summed E-state index contributed by atoms with van der Waals surface area (Å²) in [5.74, 6) is 2.11. The number of thioether (sulfide) groups is 1. The molecule has 0 saturated heterocycles. The van der Waals surface area contributed by atoms with Crippen molar-refractivity contribution in [1.82, 2.24) is 0 Å². The third kappa shape index (κ3) is 5.63. The van der Waals surface area contributed by atoms with Crippen molar-refractivity contribution in [2.75, 3.05) is 18.6 Å². The Hall–Kier alpha value is -0.190. The smallest absolute Gasteiger partial charge is 0.122 e. The fraction of sp³-hybridized carbons (Fsp3) is 0.571. The molecule has 0 aliphatic rings. The van der Waals surface area contributed by atoms with Crippen molar-refractivity contribution in [3.8, 4) is 5.75 Å². The summed E-state index contributed by atoms with van der Waals surface area (Å²) in [6, 6.07) is 6.36. The highest BCUT2D eigenvalue weighted by Gasteiger charge is 2.08. The molecule has 1 unspecified atom stereocenters. The fourth-order valence-corrected chi connectivity index (χ4v) is 2.48. The van der Waals surface area contributed by atoms with E-state index in [0.29, 0.717) is 0 Å². The minimum absolute atomic E-state index is 0.202. The van der Waals surface area contributed by atoms with Gasteiger partial charge in [0.15, 0.2) is 0 Å². The lowest BCUT2D eigenvalue weighted by Gasteiger charge is -2.14. The third-order valence-corrected chi connectivity index (χ3v) is 3.97. The van der Waals surface area contributed by atoms with Gasteiger partial charge in [-0.3, -0.25) is 0 Å². The van der Waals surface area contributed by atoms with Crippen LogP contribution in [0.15, 0.2) is 22.7 Å². The van der Waals surface area contributed by atoms with Crippen molar-refractivity contribution in [2.45, 2.75) is 32.2 Å². The van der Waals surface area contributed by atoms with Gasteiger partial charge in [-0.25, -0.2) is 0 Å². The molecule has 0 amide bonds. The monoisotopic (exact) mass is 331 g/mol. The number of benzene rings is 1. The first-order valence-corrected chi connectivity index (χ1v) is 8.51. The number of hydrogen-bond acceptors (Lipinski definition) is 3. The predicted molar refractivity (Wildman–Crippen MR) is 84.6 cm³/mol. The van der Waals surface area contributed by atoms with Crippen LogP contribution >= 0.6 is 27.7 Å². The molecule has 4 heteroatoms. The molecule has 0 aliphatic carbocycles. The molecule has 1 aromatic rings. The molecule has 0 spiro atoms. The molecule has 0 fully saturated rings. The molecule has 1 rings (SSSR count). The van der Waals surface area contributed by atoms with Crippen molar-refractivity contribution in [3.05, 3.63) is 28.2 Å². The molecule has 0 radical (unpaired) electrons. The highest BCUT2D eigenvalue weighted by Crippen LogP contribution is 2.25. The number of halogens is 1. The Balaban J connectivity index is 2.64. The van der Waals surface area contributed by atoms with Gasteiger partial charge in [0, 0.05) is 10.5 Å². The van der Waals surface area contributed by atoms with E-state index >= 15 is 0 Å². The van der Waals surface area contributed by atoms with Crippen LogP contribution in [0.5, 0.6) is 5.75 Å². The lowest BCUT2D eigenvalue weighted by Crippen LogP contribution is -2.21. The molecule has 18 heavy (non-hydrogen) atoms. The highest BCUT2D eigenvalue weighted by molar-refractivity contribution is 9.10. The summed E-state index contributed by atoms with van der Waals surface area (Å²) in [4.78, 5) is 0. The normalized spacial score (nSPS) is 12.4. The predicted octanol–water partition coefficient (Wildman–Crippen LogP) is 3.86. The van der Waals surface area contributed by atoms with Crippen molar-refractivity contribution >= 4 is 27.7 Å². The summed E-state index contributed by atoms with van der Waals surface area (Å²) in [6.45, 7) is 2.89. The molecule has 0 aliphatic heterocycles. The van der Waals surface area contributed by atoms with E-state index in [1.165, 1.54) is 5.56 Å². The van der Waals surface area contributed by atoms with E-state index in [2.05, 4.69) is 35.2 Å². The van der Waals surface area contributed by atoms with Gasteiger partial charge in [-0.2, -0.15) is 11.8 Å². The number of rotatable bonds is 8. The first-order valence-electron chi connectivity index (χ1n) is 6.33. The largest absolute Gasteiger partial charge is 0.493 e. The second kappa shape index (κ2) is 8.83.